The summed E-state index contributed by atoms with van der Waals surface area (Å²) in [5.41, 5.74) is 5.29. The van der Waals surface area contributed by atoms with Gasteiger partial charge in [0, 0.05) is 67.4 Å². The third-order valence-corrected chi connectivity index (χ3v) is 16.4. The molecule has 0 aliphatic carbocycles. The summed E-state index contributed by atoms with van der Waals surface area (Å²) >= 11 is 0. The number of aliphatic hydroxyl groups is 1. The van der Waals surface area contributed by atoms with Crippen LogP contribution in [0.2, 0.25) is 0 Å². The molecule has 120 heavy (non-hydrogen) atoms. The second-order valence-electron chi connectivity index (χ2n) is 27.0. The number of rotatable bonds is 28. The predicted molar refractivity (Wildman–Crippen MR) is 446 cm³/mol. The maximum atomic E-state index is 13.6. The largest absolute Gasteiger partial charge is 1.00 e. The first-order valence-corrected chi connectivity index (χ1v) is 36.4. The van der Waals surface area contributed by atoms with Crippen LogP contribution in [0.15, 0.2) is 182 Å². The van der Waals surface area contributed by atoms with E-state index in [1.165, 1.54) is 40.8 Å². The number of amides is 4. The molecule has 22 nitrogen and oxygen atoms in total. The van der Waals surface area contributed by atoms with Gasteiger partial charge < -0.3 is 64.9 Å². The number of carbonyl (C=O) groups is 6. The van der Waals surface area contributed by atoms with Gasteiger partial charge in [-0.2, -0.15) is 14.0 Å². The van der Waals surface area contributed by atoms with Gasteiger partial charge >= 0.3 is 41.5 Å². The third-order valence-electron chi connectivity index (χ3n) is 16.4. The zero-order valence-corrected chi connectivity index (χ0v) is 68.6. The second-order valence-corrected chi connectivity index (χ2v) is 27.0. The van der Waals surface area contributed by atoms with Gasteiger partial charge in [-0.15, -0.1) is 0 Å². The molecule has 0 saturated carbocycles. The van der Waals surface area contributed by atoms with Crippen LogP contribution in [0, 0.1) is 53.6 Å². The monoisotopic (exact) mass is 1660 g/mol. The first-order chi connectivity index (χ1) is 55.0. The SMILES string of the molecule is C.C.C.C1CCOC1.CC(C)Oc1ccc(C(=O)Oc2c(F)c(F)c(F)c(F)c2F)cc1C#N.[B].[C-]#[N+]c1cc(C(=O)N[C@@H](Cc2ccc(OCc3ccccc3)c(C(=O)N(C)C)c2)C(=O)OCc2ccccc2)ccc1OC(C)C.[C-]#[N+]c1cc(C(=O)N[C@H](CO)Cc2ccc(OCc3ccccc3)c(C(=O)N(C)C)c2)ccc1OC(C)C.[H-].[Na+]. The molecule has 3 radical (unpaired) electrons. The zero-order chi connectivity index (χ0) is 83.8. The van der Waals surface area contributed by atoms with Gasteiger partial charge in [-0.1, -0.05) is 125 Å². The van der Waals surface area contributed by atoms with Gasteiger partial charge in [-0.05, 0) is 167 Å². The molecular formula is C91H101BF5N7NaO15. The molecule has 0 bridgehead atoms. The minimum Gasteiger partial charge on any atom is -1.00 e. The van der Waals surface area contributed by atoms with Crippen molar-refractivity contribution in [1.82, 2.24) is 20.4 Å². The predicted octanol–water partition coefficient (Wildman–Crippen LogP) is 14.7. The Morgan fingerprint density at radius 1 is 0.508 bits per heavy atom. The summed E-state index contributed by atoms with van der Waals surface area (Å²) < 4.78 is 110. The number of halogens is 5. The van der Waals surface area contributed by atoms with Crippen LogP contribution in [0.25, 0.3) is 9.69 Å². The second kappa shape index (κ2) is 52.0. The maximum absolute atomic E-state index is 13.6. The zero-order valence-electron chi connectivity index (χ0n) is 67.6. The van der Waals surface area contributed by atoms with Gasteiger partial charge in [0.2, 0.25) is 52.1 Å². The van der Waals surface area contributed by atoms with Gasteiger partial charge in [0.15, 0.2) is 0 Å². The van der Waals surface area contributed by atoms with Gasteiger partial charge in [-0.3, -0.25) is 19.2 Å². The number of nitrogens with one attached hydrogen (secondary N) is 2. The number of ether oxygens (including phenoxy) is 8. The molecule has 9 aromatic rings. The molecule has 1 saturated heterocycles. The number of hydrogen-bond donors (Lipinski definition) is 3. The Kier molecular flexibility index (Phi) is 45.0. The van der Waals surface area contributed by atoms with Gasteiger partial charge in [-0.25, -0.2) is 32.5 Å². The van der Waals surface area contributed by atoms with Gasteiger partial charge in [0.05, 0.1) is 66.4 Å². The standard InChI is InChI=1S/C37H37N3O6.C30H33N3O5.C17H10F5NO3.C4H8O.3CH4.B.Na.H/c1-25(2)46-34-19-17-29(22-31(34)38-3)35(41)39-32(37(43)45-24-27-14-10-7-11-15-27)21-28-16-18-33(30(20-28)36(42)40(4)5)44-23-26-12-8-6-9-13-26;1-20(2)38-28-14-12-23(17-26(28)31-3)29(35)32-24(18-34)15-22-11-13-27(25(16-22)30(36)33(4)5)37-19-21-9-7-6-8-10-21;1-7(2)25-10-4-3-8(5-9(10)6-23)17(24)26-16-14(21)12(19)11(18)13(20)15(16)22;1-2-4-5-3-1;;;;;;/h6-20,22,25,32H,21,23-24H2,1-2,4-5H3,(H,39,41);6-14,16-17,20,24,34H,15,18-19H2,1-2,4-5H3,(H,32,35);3-5,7H,1-2H3;1-4H2;3*1H4;;;/q;;;;;;;;+1;-1/t32-;24-;;;;;;;;/m00......../s1. The van der Waals surface area contributed by atoms with E-state index in [-0.39, 0.29) is 152 Å². The summed E-state index contributed by atoms with van der Waals surface area (Å²) in [6, 6.07) is 51.5. The molecule has 10 rings (SSSR count). The van der Waals surface area contributed by atoms with Crippen LogP contribution in [0.4, 0.5) is 33.3 Å². The fourth-order valence-corrected chi connectivity index (χ4v) is 10.8. The summed E-state index contributed by atoms with van der Waals surface area (Å²) in [5, 5.41) is 24.6. The van der Waals surface area contributed by atoms with E-state index < -0.39 is 70.7 Å². The smallest absolute Gasteiger partial charge is 1.00 e. The van der Waals surface area contributed by atoms with Crippen molar-refractivity contribution in [2.75, 3.05) is 48.0 Å². The first-order valence-electron chi connectivity index (χ1n) is 36.4. The Morgan fingerprint density at radius 2 is 0.892 bits per heavy atom. The molecular weight excluding hydrogens is 1560 g/mol. The van der Waals surface area contributed by atoms with Crippen molar-refractivity contribution in [3.8, 4) is 40.6 Å². The summed E-state index contributed by atoms with van der Waals surface area (Å²) in [5.74, 6) is -14.9. The number of nitrogens with zero attached hydrogens (tertiary/aromatic N) is 5. The van der Waals surface area contributed by atoms with E-state index in [4.69, 9.17) is 51.6 Å². The molecule has 9 aromatic carbocycles. The molecule has 1 aliphatic rings. The number of aliphatic hydroxyl groups excluding tert-OH is 1. The average molecular weight is 1660 g/mol. The number of esters is 2. The van der Waals surface area contributed by atoms with E-state index in [0.29, 0.717) is 58.3 Å². The van der Waals surface area contributed by atoms with Crippen LogP contribution in [0.5, 0.6) is 34.5 Å². The van der Waals surface area contributed by atoms with Crippen molar-refractivity contribution in [1.29, 1.82) is 5.26 Å². The Labute approximate surface area is 724 Å². The van der Waals surface area contributed by atoms with E-state index in [9.17, 15) is 55.8 Å². The van der Waals surface area contributed by atoms with Gasteiger partial charge in [0.25, 0.3) is 17.7 Å². The topological polar surface area (TPSA) is 260 Å². The fraction of sp³-hybridized carbons (Fsp3) is 0.308. The number of nitriles is 1. The number of benzene rings is 9. The minimum absolute atomic E-state index is 0. The van der Waals surface area contributed by atoms with E-state index in [0.717, 1.165) is 47.6 Å². The molecule has 1 heterocycles. The fourth-order valence-electron chi connectivity index (χ4n) is 10.8. The summed E-state index contributed by atoms with van der Waals surface area (Å²) in [4.78, 5) is 87.7. The van der Waals surface area contributed by atoms with Crippen LogP contribution in [-0.2, 0) is 46.9 Å². The molecule has 4 amide bonds. The summed E-state index contributed by atoms with van der Waals surface area (Å²) in [6.45, 7) is 28.1. The molecule has 0 spiro atoms. The van der Waals surface area contributed by atoms with Crippen molar-refractivity contribution in [2.45, 2.75) is 140 Å². The molecule has 0 aromatic heterocycles. The summed E-state index contributed by atoms with van der Waals surface area (Å²) in [7, 11) is 6.63. The molecule has 2 atom stereocenters. The third kappa shape index (κ3) is 31.3. The van der Waals surface area contributed by atoms with Crippen molar-refractivity contribution >= 4 is 55.4 Å². The number of hydrogen-bond acceptors (Lipinski definition) is 16. The molecule has 0 unspecified atom stereocenters. The Bertz CT molecular complexity index is 4960. The number of carbonyl (C=O) groups excluding carboxylic acids is 6. The van der Waals surface area contributed by atoms with E-state index >= 15 is 0 Å². The Morgan fingerprint density at radius 3 is 1.28 bits per heavy atom. The molecule has 629 valence electrons. The van der Waals surface area contributed by atoms with Crippen LogP contribution >= 0.6 is 0 Å². The van der Waals surface area contributed by atoms with Crippen molar-refractivity contribution in [3.63, 3.8) is 0 Å². The van der Waals surface area contributed by atoms with E-state index in [1.54, 1.807) is 103 Å². The Hall–Kier alpha value is -12.1. The van der Waals surface area contributed by atoms with Crippen LogP contribution in [0.1, 0.15) is 163 Å². The summed E-state index contributed by atoms with van der Waals surface area (Å²) in [6.07, 6.45) is 2.36. The molecule has 3 N–H and O–H groups in total. The van der Waals surface area contributed by atoms with Crippen molar-refractivity contribution < 1.29 is 125 Å². The normalized spacial score (nSPS) is 11.2. The minimum atomic E-state index is -2.37. The molecule has 29 heteroatoms. The quantitative estimate of drug-likeness (QED) is 0.00783. The molecule has 1 aliphatic heterocycles. The maximum Gasteiger partial charge on any atom is 1.00 e. The van der Waals surface area contributed by atoms with E-state index in [1.807, 2.05) is 125 Å². The van der Waals surface area contributed by atoms with Crippen LogP contribution < -0.4 is 68.6 Å². The first kappa shape index (κ1) is 104. The van der Waals surface area contributed by atoms with E-state index in [2.05, 4.69) is 25.1 Å². The molecule has 1 fully saturated rings. The Balaban J connectivity index is 0.000000885. The van der Waals surface area contributed by atoms with Crippen molar-refractivity contribution in [3.05, 3.63) is 295 Å². The van der Waals surface area contributed by atoms with Crippen LogP contribution in [0.3, 0.4) is 0 Å². The van der Waals surface area contributed by atoms with Crippen LogP contribution in [-0.4, -0.2) is 137 Å². The average Bonchev–Trinajstić information content (AvgIpc) is 1.02. The van der Waals surface area contributed by atoms with Crippen molar-refractivity contribution in [2.24, 2.45) is 0 Å². The van der Waals surface area contributed by atoms with Gasteiger partial charge in [0.1, 0.15) is 60.7 Å².